The molecule has 42 heavy (non-hydrogen) atoms. The number of hydrogen-bond donors (Lipinski definition) is 1. The lowest BCUT2D eigenvalue weighted by Gasteiger charge is -2.54. The predicted octanol–water partition coefficient (Wildman–Crippen LogP) is 4.95. The van der Waals surface area contributed by atoms with Crippen LogP contribution in [0.1, 0.15) is 54.1 Å². The zero-order valence-electron chi connectivity index (χ0n) is 25.1. The number of anilines is 1. The van der Waals surface area contributed by atoms with Gasteiger partial charge in [0.2, 0.25) is 11.8 Å². The van der Waals surface area contributed by atoms with E-state index in [2.05, 4.69) is 38.6 Å². The number of aryl methyl sites for hydroxylation is 2. The van der Waals surface area contributed by atoms with Crippen molar-refractivity contribution >= 4 is 22.3 Å². The monoisotopic (exact) mass is 591 g/mol. The Morgan fingerprint density at radius 2 is 1.76 bits per heavy atom. The Morgan fingerprint density at radius 3 is 2.43 bits per heavy atom. The van der Waals surface area contributed by atoms with Gasteiger partial charge >= 0.3 is 0 Å². The molecule has 0 amide bonds. The minimum Gasteiger partial charge on any atom is -0.473 e. The van der Waals surface area contributed by atoms with Crippen molar-refractivity contribution in [3.8, 4) is 17.1 Å². The molecule has 1 atom stereocenters. The Bertz CT molecular complexity index is 1520. The Labute approximate surface area is 249 Å². The minimum absolute atomic E-state index is 0.0477. The van der Waals surface area contributed by atoms with Gasteiger partial charge in [-0.15, -0.1) is 0 Å². The van der Waals surface area contributed by atoms with Gasteiger partial charge in [-0.1, -0.05) is 30.3 Å². The van der Waals surface area contributed by atoms with Gasteiger partial charge in [-0.25, -0.2) is 18.1 Å². The Kier molecular flexibility index (Phi) is 8.68. The van der Waals surface area contributed by atoms with E-state index >= 15 is 0 Å². The van der Waals surface area contributed by atoms with Crippen molar-refractivity contribution < 1.29 is 17.9 Å². The van der Waals surface area contributed by atoms with E-state index in [1.54, 1.807) is 12.1 Å². The quantitative estimate of drug-likeness (QED) is 0.331. The molecule has 10 heteroatoms. The van der Waals surface area contributed by atoms with E-state index in [-0.39, 0.29) is 22.5 Å². The molecular formula is C32H41N5O4S. The molecule has 1 aromatic heterocycles. The molecule has 9 nitrogen and oxygen atoms in total. The van der Waals surface area contributed by atoms with E-state index in [0.717, 1.165) is 23.2 Å². The number of piperidine rings is 1. The van der Waals surface area contributed by atoms with Crippen LogP contribution in [0.3, 0.4) is 0 Å². The van der Waals surface area contributed by atoms with Crippen molar-refractivity contribution in [2.45, 2.75) is 63.5 Å². The molecule has 1 saturated heterocycles. The fourth-order valence-electron chi connectivity index (χ4n) is 6.36. The molecule has 1 spiro atoms. The van der Waals surface area contributed by atoms with Crippen LogP contribution in [0, 0.1) is 19.3 Å². The van der Waals surface area contributed by atoms with Gasteiger partial charge in [-0.05, 0) is 102 Å². The van der Waals surface area contributed by atoms with Crippen molar-refractivity contribution in [2.75, 3.05) is 38.5 Å². The summed E-state index contributed by atoms with van der Waals surface area (Å²) in [5.74, 6) is 0.203. The maximum atomic E-state index is 13.2. The number of sulfonamides is 1. The first-order valence-corrected chi connectivity index (χ1v) is 16.0. The van der Waals surface area contributed by atoms with Crippen molar-refractivity contribution in [3.05, 3.63) is 65.2 Å². The van der Waals surface area contributed by atoms with E-state index in [0.29, 0.717) is 29.3 Å². The lowest BCUT2D eigenvalue weighted by atomic mass is 9.60. The molecule has 1 N–H and O–H groups in total. The number of nitrogens with zero attached hydrogens (tertiary/aromatic N) is 4. The number of likely N-dealkylation sites (tertiary alicyclic amines) is 1. The number of carbonyl (C=O) groups excluding carboxylic acids is 1. The lowest BCUT2D eigenvalue weighted by Crippen LogP contribution is -2.54. The normalized spacial score (nSPS) is 18.0. The largest absolute Gasteiger partial charge is 0.473 e. The van der Waals surface area contributed by atoms with Crippen LogP contribution >= 0.6 is 0 Å². The molecule has 2 heterocycles. The van der Waals surface area contributed by atoms with Crippen LogP contribution in [-0.2, 0) is 10.0 Å². The zero-order chi connectivity index (χ0) is 30.1. The van der Waals surface area contributed by atoms with Crippen molar-refractivity contribution in [1.29, 1.82) is 0 Å². The summed E-state index contributed by atoms with van der Waals surface area (Å²) < 4.78 is 35.3. The number of hydrogen-bond acceptors (Lipinski definition) is 8. The van der Waals surface area contributed by atoms with Crippen molar-refractivity contribution in [2.24, 2.45) is 5.41 Å². The maximum absolute atomic E-state index is 13.2. The molecule has 1 aliphatic carbocycles. The van der Waals surface area contributed by atoms with Gasteiger partial charge in [0, 0.05) is 29.8 Å². The Morgan fingerprint density at radius 1 is 1.10 bits per heavy atom. The second kappa shape index (κ2) is 12.1. The number of carbonyl (C=O) groups is 1. The third-order valence-electron chi connectivity index (χ3n) is 8.85. The highest BCUT2D eigenvalue weighted by molar-refractivity contribution is 7.92. The second-order valence-electron chi connectivity index (χ2n) is 12.2. The summed E-state index contributed by atoms with van der Waals surface area (Å²) in [6.07, 6.45) is 5.44. The predicted molar refractivity (Wildman–Crippen MR) is 164 cm³/mol. The van der Waals surface area contributed by atoms with Crippen LogP contribution in [0.5, 0.6) is 5.88 Å². The molecular weight excluding hydrogens is 550 g/mol. The van der Waals surface area contributed by atoms with E-state index in [4.69, 9.17) is 4.74 Å². The number of nitrogens with one attached hydrogen (secondary N) is 1. The molecule has 5 rings (SSSR count). The van der Waals surface area contributed by atoms with Crippen molar-refractivity contribution in [1.82, 2.24) is 19.8 Å². The molecule has 2 fully saturated rings. The van der Waals surface area contributed by atoms with Gasteiger partial charge in [0.25, 0.3) is 10.0 Å². The van der Waals surface area contributed by atoms with Crippen LogP contribution in [0.15, 0.2) is 53.4 Å². The number of ether oxygens (including phenoxy) is 1. The maximum Gasteiger partial charge on any atom is 0.264 e. The molecule has 1 aliphatic heterocycles. The minimum atomic E-state index is -4.05. The smallest absolute Gasteiger partial charge is 0.264 e. The summed E-state index contributed by atoms with van der Waals surface area (Å²) >= 11 is 0. The van der Waals surface area contributed by atoms with Gasteiger partial charge < -0.3 is 9.64 Å². The van der Waals surface area contributed by atoms with Gasteiger partial charge in [0.1, 0.15) is 12.4 Å². The third-order valence-corrected chi connectivity index (χ3v) is 10.2. The number of aldehydes is 1. The molecule has 2 aromatic carbocycles. The van der Waals surface area contributed by atoms with Gasteiger partial charge in [-0.2, -0.15) is 4.98 Å². The summed E-state index contributed by atoms with van der Waals surface area (Å²) in [4.78, 5) is 25.0. The summed E-state index contributed by atoms with van der Waals surface area (Å²) in [6.45, 7) is 9.08. The first kappa shape index (κ1) is 30.1. The first-order valence-electron chi connectivity index (χ1n) is 14.6. The van der Waals surface area contributed by atoms with Crippen LogP contribution in [0.2, 0.25) is 0 Å². The van der Waals surface area contributed by atoms with Crippen LogP contribution < -0.4 is 9.46 Å². The molecule has 3 aromatic rings. The SMILES string of the molecule is Cc1cccc(C)c1-c1cc(O[C@H](C)CN(C)C2CC3(CCN(C)CC3)C2)nc(NS(=O)(=O)c2cccc(C=O)c2)n1. The molecule has 0 unspecified atom stereocenters. The zero-order valence-corrected chi connectivity index (χ0v) is 25.9. The molecule has 224 valence electrons. The average Bonchev–Trinajstić information content (AvgIpc) is 2.92. The fraction of sp³-hybridized carbons (Fsp3) is 0.469. The summed E-state index contributed by atoms with van der Waals surface area (Å²) in [6, 6.07) is 14.1. The number of benzene rings is 2. The van der Waals surface area contributed by atoms with E-state index < -0.39 is 10.0 Å². The molecule has 1 saturated carbocycles. The summed E-state index contributed by atoms with van der Waals surface area (Å²) in [5.41, 5.74) is 4.24. The van der Waals surface area contributed by atoms with Crippen LogP contribution in [0.4, 0.5) is 5.95 Å². The Hall–Kier alpha value is -3.34. The standard InChI is InChI=1S/C32H41N5O4S/c1-22-8-6-9-23(2)30(22)28-17-29(34-31(33-28)35-42(39,40)27-11-7-10-25(16-27)21-38)41-24(3)20-37(5)26-18-32(19-26)12-14-36(4)15-13-32/h6-11,16-17,21,24,26H,12-15,18-20H2,1-5H3,(H,33,34,35)/t24-/m1/s1. The van der Waals surface area contributed by atoms with Gasteiger partial charge in [0.05, 0.1) is 10.6 Å². The Balaban J connectivity index is 1.35. The van der Waals surface area contributed by atoms with Gasteiger partial charge in [0.15, 0.2) is 0 Å². The van der Waals surface area contributed by atoms with E-state index in [1.165, 1.54) is 57.0 Å². The number of rotatable bonds is 10. The number of likely N-dealkylation sites (N-methyl/N-ethyl adjacent to an activating group) is 1. The van der Waals surface area contributed by atoms with Crippen molar-refractivity contribution in [3.63, 3.8) is 0 Å². The molecule has 2 aliphatic rings. The molecule has 0 bridgehead atoms. The van der Waals surface area contributed by atoms with E-state index in [1.807, 2.05) is 39.0 Å². The summed E-state index contributed by atoms with van der Waals surface area (Å²) in [5, 5.41) is 0. The average molecular weight is 592 g/mol. The highest BCUT2D eigenvalue weighted by atomic mass is 32.2. The molecule has 0 radical (unpaired) electrons. The van der Waals surface area contributed by atoms with Gasteiger partial charge in [-0.3, -0.25) is 9.69 Å². The lowest BCUT2D eigenvalue weighted by molar-refractivity contribution is -0.0380. The first-order chi connectivity index (χ1) is 20.0. The topological polar surface area (TPSA) is 105 Å². The number of aromatic nitrogens is 2. The van der Waals surface area contributed by atoms with Crippen LogP contribution in [-0.4, -0.2) is 80.3 Å². The highest BCUT2D eigenvalue weighted by Gasteiger charge is 2.46. The van der Waals surface area contributed by atoms with Crippen LogP contribution in [0.25, 0.3) is 11.3 Å². The second-order valence-corrected chi connectivity index (χ2v) is 13.9. The third kappa shape index (κ3) is 6.66. The fourth-order valence-corrected chi connectivity index (χ4v) is 7.36. The highest BCUT2D eigenvalue weighted by Crippen LogP contribution is 2.50. The van der Waals surface area contributed by atoms with E-state index in [9.17, 15) is 13.2 Å². The summed E-state index contributed by atoms with van der Waals surface area (Å²) in [7, 11) is 0.303.